The van der Waals surface area contributed by atoms with Gasteiger partial charge in [-0.2, -0.15) is 0 Å². The Morgan fingerprint density at radius 3 is 2.20 bits per heavy atom. The topological polar surface area (TPSA) is 74.3 Å². The lowest BCUT2D eigenvalue weighted by Gasteiger charge is -2.30. The molecule has 0 N–H and O–H groups in total. The van der Waals surface area contributed by atoms with Crippen molar-refractivity contribution < 1.29 is 22.8 Å². The predicted octanol–water partition coefficient (Wildman–Crippen LogP) is -1.36. The van der Waals surface area contributed by atoms with E-state index in [2.05, 4.69) is 0 Å². The fourth-order valence-electron chi connectivity index (χ4n) is 1.33. The highest BCUT2D eigenvalue weighted by Gasteiger charge is 2.14. The van der Waals surface area contributed by atoms with E-state index < -0.39 is 15.8 Å². The Labute approximate surface area is 91.2 Å². The van der Waals surface area contributed by atoms with Crippen molar-refractivity contribution in [3.05, 3.63) is 0 Å². The maximum atomic E-state index is 10.8. The third kappa shape index (κ3) is 9.68. The molecular formula is C9H19NO4S. The summed E-state index contributed by atoms with van der Waals surface area (Å²) in [6, 6.07) is 0. The number of aliphatic carboxylic acids is 1. The molecule has 0 rings (SSSR count). The number of sulfone groups is 1. The zero-order valence-electron chi connectivity index (χ0n) is 9.52. The van der Waals surface area contributed by atoms with Crippen LogP contribution in [0, 0.1) is 0 Å². The fourth-order valence-corrected chi connectivity index (χ4v) is 2.06. The third-order valence-corrected chi connectivity index (χ3v) is 3.12. The fraction of sp³-hybridized carbons (Fsp3) is 0.889. The minimum Gasteiger partial charge on any atom is -0.544 e. The molecular weight excluding hydrogens is 218 g/mol. The highest BCUT2D eigenvalue weighted by atomic mass is 32.2. The van der Waals surface area contributed by atoms with Crippen LogP contribution in [-0.2, 0) is 14.6 Å². The van der Waals surface area contributed by atoms with E-state index in [4.69, 9.17) is 0 Å². The molecule has 90 valence electrons. The number of carbonyl (C=O) groups excluding carboxylic acids is 1. The number of likely N-dealkylation sites (N-methyl/N-ethyl adjacent to an activating group) is 1. The van der Waals surface area contributed by atoms with E-state index in [0.29, 0.717) is 23.9 Å². The maximum absolute atomic E-state index is 10.8. The number of nitrogens with zero attached hydrogens (tertiary/aromatic N) is 1. The largest absolute Gasteiger partial charge is 0.544 e. The van der Waals surface area contributed by atoms with Gasteiger partial charge in [0, 0.05) is 6.26 Å². The second kappa shape index (κ2) is 5.46. The molecule has 0 spiro atoms. The van der Waals surface area contributed by atoms with Crippen LogP contribution in [0.3, 0.4) is 0 Å². The Morgan fingerprint density at radius 2 is 1.80 bits per heavy atom. The quantitative estimate of drug-likeness (QED) is 0.405. The number of hydrogen-bond acceptors (Lipinski definition) is 4. The smallest absolute Gasteiger partial charge is 0.147 e. The van der Waals surface area contributed by atoms with Crippen LogP contribution in [0.2, 0.25) is 0 Å². The van der Waals surface area contributed by atoms with Crippen molar-refractivity contribution >= 4 is 15.8 Å². The lowest BCUT2D eigenvalue weighted by Crippen LogP contribution is -2.48. The summed E-state index contributed by atoms with van der Waals surface area (Å²) in [7, 11) is 0.675. The zero-order valence-corrected chi connectivity index (χ0v) is 10.3. The van der Waals surface area contributed by atoms with Crippen LogP contribution in [0.1, 0.15) is 12.8 Å². The van der Waals surface area contributed by atoms with Gasteiger partial charge in [0.2, 0.25) is 0 Å². The number of carboxylic acids is 1. The van der Waals surface area contributed by atoms with Gasteiger partial charge in [-0.15, -0.1) is 0 Å². The SMILES string of the molecule is C[N+](C)(CCCCS(C)(=O)=O)CC(=O)[O-]. The molecule has 6 heteroatoms. The lowest BCUT2D eigenvalue weighted by atomic mass is 10.3. The number of unbranched alkanes of at least 4 members (excludes halogenated alkanes) is 1. The monoisotopic (exact) mass is 237 g/mol. The molecule has 0 amide bonds. The molecule has 0 aromatic rings. The van der Waals surface area contributed by atoms with Crippen molar-refractivity contribution in [2.24, 2.45) is 0 Å². The molecule has 0 saturated carbocycles. The Balaban J connectivity index is 3.80. The summed E-state index contributed by atoms with van der Waals surface area (Å²) in [5, 5.41) is 10.4. The minimum atomic E-state index is -2.90. The van der Waals surface area contributed by atoms with Gasteiger partial charge in [0.25, 0.3) is 0 Å². The summed E-state index contributed by atoms with van der Waals surface area (Å²) in [6.45, 7) is 0.600. The van der Waals surface area contributed by atoms with Crippen LogP contribution in [0.15, 0.2) is 0 Å². The summed E-state index contributed by atoms with van der Waals surface area (Å²) >= 11 is 0. The lowest BCUT2D eigenvalue weighted by molar-refractivity contribution is -0.885. The minimum absolute atomic E-state index is 0.0428. The van der Waals surface area contributed by atoms with E-state index in [1.807, 2.05) is 0 Å². The van der Waals surface area contributed by atoms with Crippen LogP contribution < -0.4 is 5.11 Å². The molecule has 0 radical (unpaired) electrons. The number of carbonyl (C=O) groups is 1. The second-order valence-electron chi connectivity index (χ2n) is 4.53. The van der Waals surface area contributed by atoms with Crippen molar-refractivity contribution in [2.75, 3.05) is 39.2 Å². The predicted molar refractivity (Wildman–Crippen MR) is 55.8 cm³/mol. The van der Waals surface area contributed by atoms with Crippen molar-refractivity contribution in [3.8, 4) is 0 Å². The Kier molecular flexibility index (Phi) is 5.23. The molecule has 5 nitrogen and oxygen atoms in total. The van der Waals surface area contributed by atoms with Crippen LogP contribution in [0.4, 0.5) is 0 Å². The number of carboxylic acid groups (broad SMARTS) is 1. The molecule has 0 bridgehead atoms. The summed E-state index contributed by atoms with van der Waals surface area (Å²) in [6.07, 6.45) is 2.48. The maximum Gasteiger partial charge on any atom is 0.147 e. The van der Waals surface area contributed by atoms with Gasteiger partial charge in [-0.3, -0.25) is 0 Å². The van der Waals surface area contributed by atoms with Gasteiger partial charge in [0.1, 0.15) is 16.4 Å². The van der Waals surface area contributed by atoms with Crippen molar-refractivity contribution in [1.29, 1.82) is 0 Å². The summed E-state index contributed by atoms with van der Waals surface area (Å²) < 4.78 is 22.0. The summed E-state index contributed by atoms with van der Waals surface area (Å²) in [5.74, 6) is -0.915. The Hall–Kier alpha value is -0.620. The molecule has 0 atom stereocenters. The standard InChI is InChI=1S/C9H19NO4S/c1-10(2,8-9(11)12)6-4-5-7-15(3,13)14/h4-8H2,1-3H3. The zero-order chi connectivity index (χ0) is 12.1. The number of hydrogen-bond donors (Lipinski definition) is 0. The highest BCUT2D eigenvalue weighted by Crippen LogP contribution is 2.02. The van der Waals surface area contributed by atoms with E-state index in [0.717, 1.165) is 0 Å². The molecule has 0 aliphatic heterocycles. The second-order valence-corrected chi connectivity index (χ2v) is 6.79. The van der Waals surface area contributed by atoms with E-state index in [1.165, 1.54) is 6.26 Å². The van der Waals surface area contributed by atoms with Crippen LogP contribution in [0.25, 0.3) is 0 Å². The molecule has 0 aromatic heterocycles. The average molecular weight is 237 g/mol. The molecule has 0 aromatic carbocycles. The van der Waals surface area contributed by atoms with Gasteiger partial charge < -0.3 is 14.4 Å². The highest BCUT2D eigenvalue weighted by molar-refractivity contribution is 7.90. The van der Waals surface area contributed by atoms with Gasteiger partial charge in [-0.1, -0.05) is 0 Å². The van der Waals surface area contributed by atoms with Gasteiger partial charge in [-0.25, -0.2) is 8.42 Å². The Bertz CT molecular complexity index is 308. The van der Waals surface area contributed by atoms with Crippen molar-refractivity contribution in [1.82, 2.24) is 0 Å². The van der Waals surface area contributed by atoms with Crippen LogP contribution in [-0.4, -0.2) is 58.1 Å². The molecule has 0 heterocycles. The third-order valence-electron chi connectivity index (χ3n) is 2.09. The molecule has 0 aliphatic carbocycles. The van der Waals surface area contributed by atoms with Gasteiger partial charge in [0.05, 0.1) is 32.4 Å². The molecule has 0 aliphatic rings. The normalized spacial score (nSPS) is 12.7. The summed E-state index contributed by atoms with van der Waals surface area (Å²) in [4.78, 5) is 10.4. The van der Waals surface area contributed by atoms with E-state index in [1.54, 1.807) is 14.1 Å². The van der Waals surface area contributed by atoms with Gasteiger partial charge in [-0.05, 0) is 12.8 Å². The van der Waals surface area contributed by atoms with E-state index >= 15 is 0 Å². The average Bonchev–Trinajstić information content (AvgIpc) is 1.93. The first-order chi connectivity index (χ1) is 6.62. The number of quaternary nitrogens is 1. The van der Waals surface area contributed by atoms with Crippen LogP contribution in [0.5, 0.6) is 0 Å². The van der Waals surface area contributed by atoms with Crippen LogP contribution >= 0.6 is 0 Å². The first kappa shape index (κ1) is 14.4. The summed E-state index contributed by atoms with van der Waals surface area (Å²) in [5.41, 5.74) is 0. The van der Waals surface area contributed by atoms with Gasteiger partial charge in [0.15, 0.2) is 0 Å². The molecule has 15 heavy (non-hydrogen) atoms. The number of rotatable bonds is 7. The van der Waals surface area contributed by atoms with Crippen molar-refractivity contribution in [3.63, 3.8) is 0 Å². The Morgan fingerprint density at radius 1 is 1.27 bits per heavy atom. The molecule has 0 saturated heterocycles. The molecule has 0 fully saturated rings. The molecule has 0 unspecified atom stereocenters. The first-order valence-electron chi connectivity index (χ1n) is 4.82. The first-order valence-corrected chi connectivity index (χ1v) is 6.88. The van der Waals surface area contributed by atoms with E-state index in [-0.39, 0.29) is 12.3 Å². The van der Waals surface area contributed by atoms with Crippen molar-refractivity contribution in [2.45, 2.75) is 12.8 Å². The van der Waals surface area contributed by atoms with Gasteiger partial charge >= 0.3 is 0 Å². The van der Waals surface area contributed by atoms with E-state index in [9.17, 15) is 18.3 Å².